The second-order valence-electron chi connectivity index (χ2n) is 12.7. The fourth-order valence-corrected chi connectivity index (χ4v) is 5.77. The number of carbonyl (C=O) groups excluding carboxylic acids is 2. The lowest BCUT2D eigenvalue weighted by molar-refractivity contribution is -0.0793. The monoisotopic (exact) mass is 602 g/mol. The highest BCUT2D eigenvalue weighted by molar-refractivity contribution is 6.01. The molecule has 2 saturated heterocycles. The number of benzene rings is 2. The minimum absolute atomic E-state index is 0.0733. The third-order valence-corrected chi connectivity index (χ3v) is 8.31. The van der Waals surface area contributed by atoms with Crippen LogP contribution in [0.2, 0.25) is 0 Å². The van der Waals surface area contributed by atoms with Crippen LogP contribution in [0.3, 0.4) is 0 Å². The molecule has 3 aliphatic heterocycles. The zero-order valence-corrected chi connectivity index (χ0v) is 25.0. The number of ether oxygens (including phenoxy) is 3. The van der Waals surface area contributed by atoms with E-state index in [9.17, 15) is 9.59 Å². The van der Waals surface area contributed by atoms with Crippen LogP contribution in [0, 0.1) is 5.82 Å². The van der Waals surface area contributed by atoms with Crippen LogP contribution in [-0.2, 0) is 15.0 Å². The van der Waals surface area contributed by atoms with Gasteiger partial charge in [0.1, 0.15) is 23.1 Å². The lowest BCUT2D eigenvalue weighted by atomic mass is 9.99. The van der Waals surface area contributed by atoms with E-state index in [0.29, 0.717) is 62.0 Å². The van der Waals surface area contributed by atoms with Crippen molar-refractivity contribution in [2.75, 3.05) is 49.6 Å². The molecule has 11 nitrogen and oxygen atoms in total. The van der Waals surface area contributed by atoms with Gasteiger partial charge in [-0.15, -0.1) is 0 Å². The average molecular weight is 603 g/mol. The van der Waals surface area contributed by atoms with Crippen LogP contribution in [0.5, 0.6) is 5.75 Å². The summed E-state index contributed by atoms with van der Waals surface area (Å²) in [5.41, 5.74) is 2.86. The number of hydrogen-bond donors (Lipinski definition) is 2. The maximum Gasteiger partial charge on any atom is 0.410 e. The van der Waals surface area contributed by atoms with E-state index in [1.165, 1.54) is 0 Å². The Kier molecular flexibility index (Phi) is 6.84. The van der Waals surface area contributed by atoms with Gasteiger partial charge in [-0.25, -0.2) is 19.2 Å². The smallest absolute Gasteiger partial charge is 0.410 e. The van der Waals surface area contributed by atoms with Gasteiger partial charge in [0.15, 0.2) is 5.82 Å². The molecule has 0 unspecified atom stereocenters. The van der Waals surface area contributed by atoms with Gasteiger partial charge in [-0.2, -0.15) is 0 Å². The van der Waals surface area contributed by atoms with E-state index < -0.39 is 11.4 Å². The molecule has 0 radical (unpaired) electrons. The molecule has 2 amide bonds. The van der Waals surface area contributed by atoms with Crippen molar-refractivity contribution in [2.45, 2.75) is 50.9 Å². The highest BCUT2D eigenvalue weighted by atomic mass is 19.1. The second-order valence-corrected chi connectivity index (χ2v) is 12.7. The number of nitrogens with zero attached hydrogens (tertiary/aromatic N) is 4. The number of carbonyl (C=O) groups is 2. The molecule has 1 aromatic heterocycles. The minimum atomic E-state index is -0.588. The number of nitrogens with one attached hydrogen (secondary N) is 2. The number of hydrogen-bond acceptors (Lipinski definition) is 9. The largest absolute Gasteiger partial charge is 0.483 e. The molecule has 2 aromatic carbocycles. The first-order valence-electron chi connectivity index (χ1n) is 15.0. The van der Waals surface area contributed by atoms with Crippen LogP contribution in [0.15, 0.2) is 42.6 Å². The van der Waals surface area contributed by atoms with Crippen molar-refractivity contribution in [3.05, 3.63) is 59.5 Å². The molecular weight excluding hydrogens is 567 g/mol. The molecule has 2 N–H and O–H groups in total. The Morgan fingerprint density at radius 2 is 1.89 bits per heavy atom. The van der Waals surface area contributed by atoms with E-state index in [0.717, 1.165) is 30.3 Å². The minimum Gasteiger partial charge on any atom is -0.483 e. The summed E-state index contributed by atoms with van der Waals surface area (Å²) in [6.07, 6.45) is 2.57. The van der Waals surface area contributed by atoms with Crippen LogP contribution in [0.4, 0.5) is 26.5 Å². The van der Waals surface area contributed by atoms with Crippen molar-refractivity contribution < 1.29 is 28.2 Å². The van der Waals surface area contributed by atoms with E-state index in [1.807, 2.05) is 45.0 Å². The average Bonchev–Trinajstić information content (AvgIpc) is 3.69. The van der Waals surface area contributed by atoms with E-state index in [1.54, 1.807) is 17.0 Å². The predicted octanol–water partition coefficient (Wildman–Crippen LogP) is 4.59. The van der Waals surface area contributed by atoms with Crippen LogP contribution >= 0.6 is 0 Å². The molecule has 4 heterocycles. The summed E-state index contributed by atoms with van der Waals surface area (Å²) in [6, 6.07) is 11.2. The predicted molar refractivity (Wildman–Crippen MR) is 161 cm³/mol. The molecular formula is C32H35FN6O5. The number of aromatic nitrogens is 2. The normalized spacial score (nSPS) is 18.9. The van der Waals surface area contributed by atoms with Crippen molar-refractivity contribution in [1.29, 1.82) is 0 Å². The highest BCUT2D eigenvalue weighted by Crippen LogP contribution is 2.50. The molecule has 0 atom stereocenters. The lowest BCUT2D eigenvalue weighted by Gasteiger charge is -2.37. The lowest BCUT2D eigenvalue weighted by Crippen LogP contribution is -2.50. The van der Waals surface area contributed by atoms with Crippen LogP contribution in [0.1, 0.15) is 49.5 Å². The summed E-state index contributed by atoms with van der Waals surface area (Å²) in [5, 5.41) is 6.29. The molecule has 44 heavy (non-hydrogen) atoms. The molecule has 1 aliphatic carbocycles. The topological polar surface area (TPSA) is 118 Å². The van der Waals surface area contributed by atoms with Gasteiger partial charge >= 0.3 is 6.09 Å². The standard InChI is InChI=1S/C32H35FN6O5/c1-31(2,3)44-30(41)39-12-10-38(11-13-39)20-5-7-26(43-21-17-42-18-21)25(15-20)35-29-34-16-24(33)27(36-29)19-4-6-23-22(14-19)28(40)37-32(23)8-9-32/h4-7,14-16,21H,8-13,17-18H2,1-3H3,(H,37,40)(H,34,35,36). The first-order valence-corrected chi connectivity index (χ1v) is 15.0. The number of rotatable bonds is 6. The molecule has 3 aromatic rings. The molecule has 1 saturated carbocycles. The van der Waals surface area contributed by atoms with Gasteiger partial charge in [0, 0.05) is 43.0 Å². The zero-order chi connectivity index (χ0) is 30.6. The molecule has 3 fully saturated rings. The van der Waals surface area contributed by atoms with Crippen molar-refractivity contribution in [3.8, 4) is 17.0 Å². The third kappa shape index (κ3) is 5.49. The van der Waals surface area contributed by atoms with Gasteiger partial charge in [0.05, 0.1) is 30.6 Å². The van der Waals surface area contributed by atoms with Gasteiger partial charge in [-0.3, -0.25) is 4.79 Å². The maximum absolute atomic E-state index is 15.1. The van der Waals surface area contributed by atoms with Gasteiger partial charge in [0.25, 0.3) is 5.91 Å². The fourth-order valence-electron chi connectivity index (χ4n) is 5.77. The highest BCUT2D eigenvalue weighted by Gasteiger charge is 2.52. The van der Waals surface area contributed by atoms with Gasteiger partial charge in [0.2, 0.25) is 5.95 Å². The molecule has 0 bridgehead atoms. The van der Waals surface area contributed by atoms with Crippen LogP contribution < -0.4 is 20.3 Å². The van der Waals surface area contributed by atoms with Gasteiger partial charge in [-0.05, 0) is 63.4 Å². The molecule has 230 valence electrons. The van der Waals surface area contributed by atoms with E-state index in [-0.39, 0.29) is 35.3 Å². The van der Waals surface area contributed by atoms with Crippen LogP contribution in [-0.4, -0.2) is 78.0 Å². The van der Waals surface area contributed by atoms with Crippen molar-refractivity contribution in [1.82, 2.24) is 20.2 Å². The zero-order valence-electron chi connectivity index (χ0n) is 25.0. The van der Waals surface area contributed by atoms with E-state index >= 15 is 4.39 Å². The third-order valence-electron chi connectivity index (χ3n) is 8.31. The Hall–Kier alpha value is -4.45. The Labute approximate surface area is 254 Å². The first kappa shape index (κ1) is 28.3. The molecule has 1 spiro atoms. The first-order chi connectivity index (χ1) is 21.1. The van der Waals surface area contributed by atoms with Crippen molar-refractivity contribution in [3.63, 3.8) is 0 Å². The quantitative estimate of drug-likeness (QED) is 0.418. The fraction of sp³-hybridized carbons (Fsp3) is 0.438. The summed E-state index contributed by atoms with van der Waals surface area (Å²) in [4.78, 5) is 37.8. The van der Waals surface area contributed by atoms with Crippen molar-refractivity contribution >= 4 is 29.3 Å². The number of anilines is 3. The Bertz CT molecular complexity index is 1630. The number of piperazine rings is 1. The maximum atomic E-state index is 15.1. The number of amides is 2. The Morgan fingerprint density at radius 3 is 2.57 bits per heavy atom. The van der Waals surface area contributed by atoms with Gasteiger partial charge in [-0.1, -0.05) is 12.1 Å². The van der Waals surface area contributed by atoms with Crippen molar-refractivity contribution in [2.24, 2.45) is 0 Å². The van der Waals surface area contributed by atoms with E-state index in [2.05, 4.69) is 25.5 Å². The summed E-state index contributed by atoms with van der Waals surface area (Å²) in [7, 11) is 0. The summed E-state index contributed by atoms with van der Waals surface area (Å²) < 4.78 is 32.0. The summed E-state index contributed by atoms with van der Waals surface area (Å²) in [6.45, 7) is 8.87. The molecule has 7 rings (SSSR count). The molecule has 4 aliphatic rings. The number of fused-ring (bicyclic) bond motifs is 2. The Morgan fingerprint density at radius 1 is 1.11 bits per heavy atom. The molecule has 12 heteroatoms. The summed E-state index contributed by atoms with van der Waals surface area (Å²) >= 11 is 0. The second kappa shape index (κ2) is 10.6. The summed E-state index contributed by atoms with van der Waals surface area (Å²) in [5.74, 6) is 0.0480. The SMILES string of the molecule is CC(C)(C)OC(=O)N1CCN(c2ccc(OC3COC3)c(Nc3ncc(F)c(-c4ccc5c(c4)C(=O)NC54CC4)n3)c2)CC1. The van der Waals surface area contributed by atoms with E-state index in [4.69, 9.17) is 14.2 Å². The van der Waals surface area contributed by atoms with Gasteiger partial charge < -0.3 is 34.6 Å². The Balaban J connectivity index is 1.13. The number of halogens is 1. The van der Waals surface area contributed by atoms with Crippen LogP contribution in [0.25, 0.3) is 11.3 Å².